The molecule has 0 fully saturated rings. The minimum atomic E-state index is -4.52. The Bertz CT molecular complexity index is 349. The number of hydrogen-bond acceptors (Lipinski definition) is 2. The van der Waals surface area contributed by atoms with Crippen molar-refractivity contribution in [3.05, 3.63) is 0 Å². The maximum atomic E-state index is 12.3. The summed E-state index contributed by atoms with van der Waals surface area (Å²) in [5, 5.41) is 0.178. The lowest BCUT2D eigenvalue weighted by atomic mass is 9.94. The van der Waals surface area contributed by atoms with Gasteiger partial charge in [-0.25, -0.2) is 8.42 Å². The van der Waals surface area contributed by atoms with E-state index in [0.29, 0.717) is 10.7 Å². The second-order valence-corrected chi connectivity index (χ2v) is 8.15. The molecule has 0 unspecified atom stereocenters. The number of alkyl halides is 4. The molecule has 0 saturated carbocycles. The number of sulfonamides is 1. The molecule has 0 aliphatic heterocycles. The fourth-order valence-corrected chi connectivity index (χ4v) is 3.68. The van der Waals surface area contributed by atoms with Crippen LogP contribution in [0.15, 0.2) is 0 Å². The highest BCUT2D eigenvalue weighted by molar-refractivity contribution is 9.09. The van der Waals surface area contributed by atoms with Gasteiger partial charge in [-0.15, -0.1) is 0 Å². The van der Waals surface area contributed by atoms with Crippen molar-refractivity contribution in [1.29, 1.82) is 0 Å². The van der Waals surface area contributed by atoms with Crippen LogP contribution in [0.25, 0.3) is 0 Å². The topological polar surface area (TPSA) is 37.4 Å². The van der Waals surface area contributed by atoms with Crippen LogP contribution >= 0.6 is 15.9 Å². The lowest BCUT2D eigenvalue weighted by Crippen LogP contribution is -2.41. The summed E-state index contributed by atoms with van der Waals surface area (Å²) in [5.41, 5.74) is -0.231. The van der Waals surface area contributed by atoms with Crippen molar-refractivity contribution in [2.75, 3.05) is 24.2 Å². The molecule has 0 saturated heterocycles. The van der Waals surface area contributed by atoms with Gasteiger partial charge in [0.15, 0.2) is 0 Å². The Morgan fingerprint density at radius 3 is 2.00 bits per heavy atom. The Morgan fingerprint density at radius 1 is 1.17 bits per heavy atom. The van der Waals surface area contributed by atoms with Gasteiger partial charge in [-0.2, -0.15) is 17.5 Å². The molecule has 0 spiro atoms. The van der Waals surface area contributed by atoms with Crippen LogP contribution in [0.3, 0.4) is 0 Å². The third kappa shape index (κ3) is 8.31. The first-order chi connectivity index (χ1) is 7.87. The Morgan fingerprint density at radius 2 is 1.67 bits per heavy atom. The Hall–Kier alpha value is 0.180. The number of rotatable bonds is 6. The smallest absolute Gasteiger partial charge is 0.212 e. The monoisotopic (exact) mass is 353 g/mol. The van der Waals surface area contributed by atoms with Gasteiger partial charge in [0.2, 0.25) is 10.0 Å². The summed E-state index contributed by atoms with van der Waals surface area (Å²) in [6, 6.07) is 0. The number of hydrogen-bond donors (Lipinski definition) is 0. The fraction of sp³-hybridized carbons (Fsp3) is 1.00. The molecule has 0 heterocycles. The molecule has 0 radical (unpaired) electrons. The lowest BCUT2D eigenvalue weighted by Gasteiger charge is -2.25. The van der Waals surface area contributed by atoms with Crippen LogP contribution in [0, 0.1) is 5.41 Å². The normalized spacial score (nSPS) is 14.2. The summed E-state index contributed by atoms with van der Waals surface area (Å²) in [7, 11) is -3.87. The van der Waals surface area contributed by atoms with Crippen LogP contribution in [-0.2, 0) is 10.0 Å². The van der Waals surface area contributed by atoms with Crippen molar-refractivity contribution in [2.45, 2.75) is 33.4 Å². The molecule has 0 aromatic heterocycles. The van der Waals surface area contributed by atoms with Crippen molar-refractivity contribution >= 4 is 26.0 Å². The average Bonchev–Trinajstić information content (AvgIpc) is 2.11. The molecule has 18 heavy (non-hydrogen) atoms. The third-order valence-electron chi connectivity index (χ3n) is 2.19. The molecule has 0 bridgehead atoms. The van der Waals surface area contributed by atoms with Crippen molar-refractivity contribution in [3.63, 3.8) is 0 Å². The molecule has 110 valence electrons. The van der Waals surface area contributed by atoms with E-state index < -0.39 is 22.7 Å². The van der Waals surface area contributed by atoms with Crippen molar-refractivity contribution in [2.24, 2.45) is 5.41 Å². The summed E-state index contributed by atoms with van der Waals surface area (Å²) >= 11 is 2.97. The summed E-state index contributed by atoms with van der Waals surface area (Å²) in [5.74, 6) is -0.264. The van der Waals surface area contributed by atoms with E-state index in [0.717, 1.165) is 0 Å². The lowest BCUT2D eigenvalue weighted by molar-refractivity contribution is -0.135. The highest BCUT2D eigenvalue weighted by Gasteiger charge is 2.36. The molecule has 0 rings (SSSR count). The average molecular weight is 354 g/mol. The van der Waals surface area contributed by atoms with Crippen LogP contribution < -0.4 is 0 Å². The molecule has 0 aliphatic carbocycles. The van der Waals surface area contributed by atoms with E-state index in [1.807, 2.05) is 20.8 Å². The van der Waals surface area contributed by atoms with Crippen molar-refractivity contribution < 1.29 is 21.6 Å². The molecule has 0 N–H and O–H groups in total. The summed E-state index contributed by atoms with van der Waals surface area (Å²) in [6.07, 6.45) is -4.19. The van der Waals surface area contributed by atoms with Gasteiger partial charge in [0.25, 0.3) is 0 Å². The molecule has 0 aliphatic rings. The van der Waals surface area contributed by atoms with Gasteiger partial charge in [-0.1, -0.05) is 36.7 Å². The van der Waals surface area contributed by atoms with Crippen LogP contribution in [0.5, 0.6) is 0 Å². The van der Waals surface area contributed by atoms with E-state index in [2.05, 4.69) is 15.9 Å². The van der Waals surface area contributed by atoms with Crippen molar-refractivity contribution in [3.8, 4) is 0 Å². The second kappa shape index (κ2) is 6.56. The van der Waals surface area contributed by atoms with E-state index in [1.165, 1.54) is 0 Å². The van der Waals surface area contributed by atoms with Crippen LogP contribution in [-0.4, -0.2) is 43.1 Å². The quantitative estimate of drug-likeness (QED) is 0.688. The zero-order valence-corrected chi connectivity index (χ0v) is 13.1. The molecule has 3 nitrogen and oxygen atoms in total. The maximum Gasteiger partial charge on any atom is 0.402 e. The van der Waals surface area contributed by atoms with Crippen LogP contribution in [0.1, 0.15) is 27.2 Å². The van der Waals surface area contributed by atoms with Crippen molar-refractivity contribution in [1.82, 2.24) is 4.31 Å². The Balaban J connectivity index is 4.77. The highest BCUT2D eigenvalue weighted by Crippen LogP contribution is 2.23. The van der Waals surface area contributed by atoms with Crippen LogP contribution in [0.4, 0.5) is 13.2 Å². The van der Waals surface area contributed by atoms with Crippen LogP contribution in [0.2, 0.25) is 0 Å². The van der Waals surface area contributed by atoms with E-state index in [4.69, 9.17) is 0 Å². The van der Waals surface area contributed by atoms with Gasteiger partial charge in [0.1, 0.15) is 6.54 Å². The summed E-state index contributed by atoms with van der Waals surface area (Å²) in [6.45, 7) is 3.94. The van der Waals surface area contributed by atoms with Gasteiger partial charge in [-0.05, 0) is 11.8 Å². The van der Waals surface area contributed by atoms with E-state index >= 15 is 0 Å². The van der Waals surface area contributed by atoms with E-state index in [-0.39, 0.29) is 23.0 Å². The summed E-state index contributed by atoms with van der Waals surface area (Å²) in [4.78, 5) is 0. The standard InChI is InChI=1S/C10H19BrF3NO2S/c1-9(2,3)4-7-18(16,17)15(6-5-11)8-10(12,13)14/h4-8H2,1-3H3. The van der Waals surface area contributed by atoms with Gasteiger partial charge in [0, 0.05) is 11.9 Å². The first-order valence-corrected chi connectivity index (χ1v) is 8.21. The fourth-order valence-electron chi connectivity index (χ4n) is 1.17. The van der Waals surface area contributed by atoms with Gasteiger partial charge < -0.3 is 0 Å². The SMILES string of the molecule is CC(C)(C)CCS(=O)(=O)N(CCBr)CC(F)(F)F. The number of halogens is 4. The first-order valence-electron chi connectivity index (χ1n) is 5.48. The largest absolute Gasteiger partial charge is 0.402 e. The maximum absolute atomic E-state index is 12.3. The highest BCUT2D eigenvalue weighted by atomic mass is 79.9. The molecular formula is C10H19BrF3NO2S. The molecule has 0 amide bonds. The third-order valence-corrected chi connectivity index (χ3v) is 4.37. The number of nitrogens with zero attached hydrogens (tertiary/aromatic N) is 1. The zero-order chi connectivity index (χ0) is 14.6. The zero-order valence-electron chi connectivity index (χ0n) is 10.7. The van der Waals surface area contributed by atoms with E-state index in [9.17, 15) is 21.6 Å². The molecule has 0 aromatic carbocycles. The first kappa shape index (κ1) is 18.2. The predicted octanol–water partition coefficient (Wildman–Crippen LogP) is 3.01. The predicted molar refractivity (Wildman–Crippen MR) is 69.3 cm³/mol. The molecule has 8 heteroatoms. The molecular weight excluding hydrogens is 335 g/mol. The van der Waals surface area contributed by atoms with E-state index in [1.54, 1.807) is 0 Å². The second-order valence-electron chi connectivity index (χ2n) is 5.26. The molecule has 0 aromatic rings. The van der Waals surface area contributed by atoms with Gasteiger partial charge in [-0.3, -0.25) is 0 Å². The summed E-state index contributed by atoms with van der Waals surface area (Å²) < 4.78 is 61.1. The Kier molecular flexibility index (Phi) is 6.63. The Labute approximate surface area is 115 Å². The molecule has 0 atom stereocenters. The minimum Gasteiger partial charge on any atom is -0.212 e. The minimum absolute atomic E-state index is 0.175. The van der Waals surface area contributed by atoms with Gasteiger partial charge >= 0.3 is 6.18 Å². The van der Waals surface area contributed by atoms with Gasteiger partial charge in [0.05, 0.1) is 5.75 Å².